The minimum absolute atomic E-state index is 0.110. The lowest BCUT2D eigenvalue weighted by atomic mass is 10.0. The molecular formula is C15H24N2O. The minimum atomic E-state index is 0.110. The molecule has 0 aromatic heterocycles. The van der Waals surface area contributed by atoms with Crippen LogP contribution >= 0.6 is 0 Å². The Labute approximate surface area is 110 Å². The van der Waals surface area contributed by atoms with Crippen LogP contribution in [-0.4, -0.2) is 11.9 Å². The molecule has 0 saturated carbocycles. The van der Waals surface area contributed by atoms with Crippen molar-refractivity contribution in [2.75, 3.05) is 10.6 Å². The van der Waals surface area contributed by atoms with Crippen LogP contribution in [0.25, 0.3) is 0 Å². The molecule has 3 nitrogen and oxygen atoms in total. The van der Waals surface area contributed by atoms with Crippen LogP contribution in [0.4, 0.5) is 11.4 Å². The van der Waals surface area contributed by atoms with Gasteiger partial charge in [0.25, 0.3) is 0 Å². The summed E-state index contributed by atoms with van der Waals surface area (Å²) in [6.07, 6.45) is 1.77. The summed E-state index contributed by atoms with van der Waals surface area (Å²) in [6, 6.07) is 8.26. The van der Waals surface area contributed by atoms with Crippen molar-refractivity contribution in [3.8, 4) is 0 Å². The van der Waals surface area contributed by atoms with Crippen molar-refractivity contribution in [2.24, 2.45) is 5.92 Å². The van der Waals surface area contributed by atoms with Crippen molar-refractivity contribution in [1.29, 1.82) is 0 Å². The first-order chi connectivity index (χ1) is 8.56. The molecule has 0 aliphatic rings. The van der Waals surface area contributed by atoms with Crippen LogP contribution in [0, 0.1) is 5.92 Å². The summed E-state index contributed by atoms with van der Waals surface area (Å²) < 4.78 is 0. The number of carbonyl (C=O) groups is 1. The summed E-state index contributed by atoms with van der Waals surface area (Å²) in [5.74, 6) is 0.225. The van der Waals surface area contributed by atoms with E-state index in [0.29, 0.717) is 6.04 Å². The van der Waals surface area contributed by atoms with Gasteiger partial charge in [0.05, 0.1) is 0 Å². The van der Waals surface area contributed by atoms with E-state index in [1.807, 2.05) is 38.1 Å². The first-order valence-corrected chi connectivity index (χ1v) is 6.74. The molecular weight excluding hydrogens is 224 g/mol. The van der Waals surface area contributed by atoms with Gasteiger partial charge >= 0.3 is 0 Å². The van der Waals surface area contributed by atoms with E-state index < -0.39 is 0 Å². The molecule has 0 aliphatic carbocycles. The molecule has 1 aromatic rings. The molecule has 2 N–H and O–H groups in total. The Kier molecular flexibility index (Phi) is 5.69. The van der Waals surface area contributed by atoms with Crippen LogP contribution in [-0.2, 0) is 4.79 Å². The summed E-state index contributed by atoms with van der Waals surface area (Å²) in [6.45, 7) is 8.29. The molecule has 1 aromatic carbocycles. The fourth-order valence-corrected chi connectivity index (χ4v) is 1.89. The standard InChI is InChI=1S/C15H24N2O/c1-5-12(6-2)15(18)17-14-9-7-13(8-10-14)16-11(3)4/h7-12,16H,5-6H2,1-4H3,(H,17,18). The molecule has 18 heavy (non-hydrogen) atoms. The average molecular weight is 248 g/mol. The van der Waals surface area contributed by atoms with Crippen LogP contribution in [0.1, 0.15) is 40.5 Å². The second-order valence-corrected chi connectivity index (χ2v) is 4.88. The second kappa shape index (κ2) is 7.04. The normalized spacial score (nSPS) is 10.8. The van der Waals surface area contributed by atoms with Gasteiger partial charge < -0.3 is 10.6 Å². The third-order valence-electron chi connectivity index (χ3n) is 2.96. The third-order valence-corrected chi connectivity index (χ3v) is 2.96. The Morgan fingerprint density at radius 1 is 1.06 bits per heavy atom. The maximum Gasteiger partial charge on any atom is 0.227 e. The molecule has 0 fully saturated rings. The molecule has 3 heteroatoms. The molecule has 1 amide bonds. The summed E-state index contributed by atoms with van der Waals surface area (Å²) in [5, 5.41) is 6.28. The number of benzene rings is 1. The molecule has 0 bridgehead atoms. The molecule has 100 valence electrons. The highest BCUT2D eigenvalue weighted by Gasteiger charge is 2.13. The number of anilines is 2. The maximum absolute atomic E-state index is 11.9. The summed E-state index contributed by atoms with van der Waals surface area (Å²) >= 11 is 0. The zero-order chi connectivity index (χ0) is 13.5. The van der Waals surface area contributed by atoms with Crippen molar-refractivity contribution < 1.29 is 4.79 Å². The fourth-order valence-electron chi connectivity index (χ4n) is 1.89. The van der Waals surface area contributed by atoms with Crippen LogP contribution in [0.2, 0.25) is 0 Å². The van der Waals surface area contributed by atoms with Gasteiger partial charge in [0.2, 0.25) is 5.91 Å². The largest absolute Gasteiger partial charge is 0.383 e. The van der Waals surface area contributed by atoms with E-state index in [1.165, 1.54) is 0 Å². The molecule has 0 saturated heterocycles. The van der Waals surface area contributed by atoms with Crippen molar-refractivity contribution in [3.63, 3.8) is 0 Å². The Hall–Kier alpha value is -1.51. The summed E-state index contributed by atoms with van der Waals surface area (Å²) in [4.78, 5) is 11.9. The van der Waals surface area contributed by atoms with Gasteiger partial charge in [-0.3, -0.25) is 4.79 Å². The van der Waals surface area contributed by atoms with Crippen LogP contribution in [0.3, 0.4) is 0 Å². The zero-order valence-corrected chi connectivity index (χ0v) is 11.8. The lowest BCUT2D eigenvalue weighted by Crippen LogP contribution is -2.21. The molecule has 0 spiro atoms. The molecule has 0 aliphatic heterocycles. The zero-order valence-electron chi connectivity index (χ0n) is 11.8. The van der Waals surface area contributed by atoms with E-state index in [4.69, 9.17) is 0 Å². The smallest absolute Gasteiger partial charge is 0.227 e. The van der Waals surface area contributed by atoms with Crippen molar-refractivity contribution in [3.05, 3.63) is 24.3 Å². The van der Waals surface area contributed by atoms with E-state index in [0.717, 1.165) is 24.2 Å². The molecule has 0 heterocycles. The highest BCUT2D eigenvalue weighted by Crippen LogP contribution is 2.16. The van der Waals surface area contributed by atoms with Gasteiger partial charge in [0.15, 0.2) is 0 Å². The van der Waals surface area contributed by atoms with Gasteiger partial charge in [-0.1, -0.05) is 13.8 Å². The second-order valence-electron chi connectivity index (χ2n) is 4.88. The highest BCUT2D eigenvalue weighted by atomic mass is 16.1. The van der Waals surface area contributed by atoms with Gasteiger partial charge in [-0.05, 0) is 51.0 Å². The molecule has 0 unspecified atom stereocenters. The van der Waals surface area contributed by atoms with Crippen LogP contribution < -0.4 is 10.6 Å². The van der Waals surface area contributed by atoms with Crippen LogP contribution in [0.5, 0.6) is 0 Å². The Morgan fingerprint density at radius 2 is 1.56 bits per heavy atom. The monoisotopic (exact) mass is 248 g/mol. The topological polar surface area (TPSA) is 41.1 Å². The first-order valence-electron chi connectivity index (χ1n) is 6.74. The third kappa shape index (κ3) is 4.40. The van der Waals surface area contributed by atoms with Gasteiger partial charge in [0, 0.05) is 23.3 Å². The Morgan fingerprint density at radius 3 is 2.00 bits per heavy atom. The average Bonchev–Trinajstić information content (AvgIpc) is 2.32. The molecule has 0 atom stereocenters. The van der Waals surface area contributed by atoms with Gasteiger partial charge in [-0.15, -0.1) is 0 Å². The SMILES string of the molecule is CCC(CC)C(=O)Nc1ccc(NC(C)C)cc1. The molecule has 0 radical (unpaired) electrons. The lowest BCUT2D eigenvalue weighted by molar-refractivity contribution is -0.120. The molecule has 1 rings (SSSR count). The highest BCUT2D eigenvalue weighted by molar-refractivity contribution is 5.92. The van der Waals surface area contributed by atoms with Gasteiger partial charge in [-0.2, -0.15) is 0 Å². The van der Waals surface area contributed by atoms with Crippen molar-refractivity contribution >= 4 is 17.3 Å². The summed E-state index contributed by atoms with van der Waals surface area (Å²) in [5.41, 5.74) is 1.94. The van der Waals surface area contributed by atoms with Crippen LogP contribution in [0.15, 0.2) is 24.3 Å². The number of amides is 1. The van der Waals surface area contributed by atoms with E-state index in [2.05, 4.69) is 24.5 Å². The quantitative estimate of drug-likeness (QED) is 0.802. The van der Waals surface area contributed by atoms with E-state index in [1.54, 1.807) is 0 Å². The van der Waals surface area contributed by atoms with Gasteiger partial charge in [-0.25, -0.2) is 0 Å². The fraction of sp³-hybridized carbons (Fsp3) is 0.533. The summed E-state index contributed by atoms with van der Waals surface area (Å²) in [7, 11) is 0. The number of rotatable bonds is 6. The Balaban J connectivity index is 2.60. The number of hydrogen-bond donors (Lipinski definition) is 2. The Bertz CT molecular complexity index is 367. The number of carbonyl (C=O) groups excluding carboxylic acids is 1. The van der Waals surface area contributed by atoms with E-state index in [-0.39, 0.29) is 11.8 Å². The first kappa shape index (κ1) is 14.6. The lowest BCUT2D eigenvalue weighted by Gasteiger charge is -2.14. The van der Waals surface area contributed by atoms with E-state index in [9.17, 15) is 4.79 Å². The van der Waals surface area contributed by atoms with Crippen molar-refractivity contribution in [2.45, 2.75) is 46.6 Å². The van der Waals surface area contributed by atoms with E-state index >= 15 is 0 Å². The van der Waals surface area contributed by atoms with Crippen molar-refractivity contribution in [1.82, 2.24) is 0 Å². The predicted octanol–water partition coefficient (Wildman–Crippen LogP) is 3.88. The number of hydrogen-bond acceptors (Lipinski definition) is 2. The predicted molar refractivity (Wildman–Crippen MR) is 77.9 cm³/mol. The maximum atomic E-state index is 11.9. The minimum Gasteiger partial charge on any atom is -0.383 e. The number of nitrogens with one attached hydrogen (secondary N) is 2. The van der Waals surface area contributed by atoms with Gasteiger partial charge in [0.1, 0.15) is 0 Å².